The molecule has 9 heteroatoms. The highest BCUT2D eigenvalue weighted by Gasteiger charge is 2.23. The summed E-state index contributed by atoms with van der Waals surface area (Å²) in [6.07, 6.45) is 0. The normalized spacial score (nSPS) is 11.6. The minimum absolute atomic E-state index is 0.0114. The molecule has 0 saturated carbocycles. The van der Waals surface area contributed by atoms with Gasteiger partial charge in [-0.05, 0) is 35.3 Å². The Hall–Kier alpha value is -1.19. The van der Waals surface area contributed by atoms with Gasteiger partial charge in [0.15, 0.2) is 15.7 Å². The van der Waals surface area contributed by atoms with Crippen LogP contribution in [0.5, 0.6) is 0 Å². The van der Waals surface area contributed by atoms with E-state index in [4.69, 9.17) is 5.73 Å². The highest BCUT2D eigenvalue weighted by Crippen LogP contribution is 2.33. The lowest BCUT2D eigenvalue weighted by Crippen LogP contribution is -2.09. The first-order chi connectivity index (χ1) is 9.85. The van der Waals surface area contributed by atoms with E-state index in [2.05, 4.69) is 25.6 Å². The standard InChI is InChI=1S/C12H13BrFN3O2S2/c1-2-21(18,19)10-11(15)17-20-12(10)16-6-7-5-8(14)3-4-9(7)13/h3-5,16H,2,6H2,1H3,(H2,15,17). The van der Waals surface area contributed by atoms with Crippen molar-refractivity contribution in [2.75, 3.05) is 16.8 Å². The molecule has 0 fully saturated rings. The molecular formula is C12H13BrFN3O2S2. The van der Waals surface area contributed by atoms with Crippen LogP contribution in [0.1, 0.15) is 12.5 Å². The van der Waals surface area contributed by atoms with Crippen molar-refractivity contribution in [2.24, 2.45) is 0 Å². The maximum absolute atomic E-state index is 13.2. The summed E-state index contributed by atoms with van der Waals surface area (Å²) in [4.78, 5) is 0.0162. The zero-order valence-electron chi connectivity index (χ0n) is 11.1. The van der Waals surface area contributed by atoms with Crippen LogP contribution in [0.2, 0.25) is 0 Å². The number of nitrogens with two attached hydrogens (primary N) is 1. The van der Waals surface area contributed by atoms with Gasteiger partial charge in [-0.1, -0.05) is 22.9 Å². The van der Waals surface area contributed by atoms with Gasteiger partial charge in [0.2, 0.25) is 0 Å². The summed E-state index contributed by atoms with van der Waals surface area (Å²) >= 11 is 4.29. The summed E-state index contributed by atoms with van der Waals surface area (Å²) in [5.74, 6) is -0.434. The van der Waals surface area contributed by atoms with Crippen LogP contribution in [0, 0.1) is 5.82 Å². The van der Waals surface area contributed by atoms with Crippen LogP contribution in [-0.2, 0) is 16.4 Å². The molecule has 1 heterocycles. The second-order valence-corrected chi connectivity index (χ2v) is 8.06. The lowest BCUT2D eigenvalue weighted by molar-refractivity contribution is 0.598. The summed E-state index contributed by atoms with van der Waals surface area (Å²) in [5.41, 5.74) is 6.31. The molecule has 114 valence electrons. The lowest BCUT2D eigenvalue weighted by Gasteiger charge is -2.08. The molecule has 1 aromatic carbocycles. The second-order valence-electron chi connectivity index (χ2n) is 4.22. The average molecular weight is 394 g/mol. The first kappa shape index (κ1) is 16.2. The Morgan fingerprint density at radius 1 is 1.48 bits per heavy atom. The van der Waals surface area contributed by atoms with Crippen molar-refractivity contribution >= 4 is 48.1 Å². The Kier molecular flexibility index (Phi) is 4.84. The maximum Gasteiger partial charge on any atom is 0.184 e. The van der Waals surface area contributed by atoms with Gasteiger partial charge < -0.3 is 11.1 Å². The number of aromatic nitrogens is 1. The zero-order chi connectivity index (χ0) is 15.6. The van der Waals surface area contributed by atoms with Crippen molar-refractivity contribution in [2.45, 2.75) is 18.4 Å². The molecule has 0 bridgehead atoms. The molecule has 0 saturated heterocycles. The van der Waals surface area contributed by atoms with E-state index < -0.39 is 9.84 Å². The van der Waals surface area contributed by atoms with Crippen LogP contribution in [0.3, 0.4) is 0 Å². The Balaban J connectivity index is 2.28. The van der Waals surface area contributed by atoms with Crippen molar-refractivity contribution < 1.29 is 12.8 Å². The van der Waals surface area contributed by atoms with Crippen LogP contribution < -0.4 is 11.1 Å². The summed E-state index contributed by atoms with van der Waals surface area (Å²) in [7, 11) is -3.46. The van der Waals surface area contributed by atoms with Crippen LogP contribution in [0.25, 0.3) is 0 Å². The quantitative estimate of drug-likeness (QED) is 0.815. The van der Waals surface area contributed by atoms with Gasteiger partial charge in [0, 0.05) is 11.0 Å². The topological polar surface area (TPSA) is 85.1 Å². The first-order valence-corrected chi connectivity index (χ1v) is 9.22. The fourth-order valence-electron chi connectivity index (χ4n) is 1.71. The molecule has 0 spiro atoms. The molecule has 2 aromatic rings. The van der Waals surface area contributed by atoms with Crippen LogP contribution in [0.15, 0.2) is 27.6 Å². The number of anilines is 2. The Morgan fingerprint density at radius 3 is 2.86 bits per heavy atom. The average Bonchev–Trinajstić information content (AvgIpc) is 2.81. The van der Waals surface area contributed by atoms with Gasteiger partial charge in [-0.2, -0.15) is 4.37 Å². The molecule has 3 N–H and O–H groups in total. The maximum atomic E-state index is 13.2. The van der Waals surface area contributed by atoms with E-state index in [1.807, 2.05) is 0 Å². The smallest absolute Gasteiger partial charge is 0.184 e. The van der Waals surface area contributed by atoms with Gasteiger partial charge in [-0.15, -0.1) is 0 Å². The fraction of sp³-hybridized carbons (Fsp3) is 0.250. The molecular weight excluding hydrogens is 381 g/mol. The number of sulfone groups is 1. The Morgan fingerprint density at radius 2 is 2.19 bits per heavy atom. The number of nitrogen functional groups attached to an aromatic ring is 1. The predicted molar refractivity (Wildman–Crippen MR) is 85.7 cm³/mol. The SMILES string of the molecule is CCS(=O)(=O)c1c(N)nsc1NCc1cc(F)ccc1Br. The molecule has 21 heavy (non-hydrogen) atoms. The number of rotatable bonds is 5. The van der Waals surface area contributed by atoms with E-state index in [1.165, 1.54) is 12.1 Å². The van der Waals surface area contributed by atoms with Gasteiger partial charge >= 0.3 is 0 Å². The van der Waals surface area contributed by atoms with Crippen molar-refractivity contribution in [1.29, 1.82) is 0 Å². The third-order valence-electron chi connectivity index (χ3n) is 2.81. The third kappa shape index (κ3) is 3.53. The van der Waals surface area contributed by atoms with E-state index >= 15 is 0 Å². The Bertz CT molecular complexity index is 762. The number of hydrogen-bond donors (Lipinski definition) is 2. The van der Waals surface area contributed by atoms with E-state index in [1.54, 1.807) is 13.0 Å². The summed E-state index contributed by atoms with van der Waals surface area (Å²) in [5, 5.41) is 3.33. The van der Waals surface area contributed by atoms with E-state index in [9.17, 15) is 12.8 Å². The highest BCUT2D eigenvalue weighted by molar-refractivity contribution is 9.10. The van der Waals surface area contributed by atoms with Crippen LogP contribution in [0.4, 0.5) is 15.2 Å². The van der Waals surface area contributed by atoms with Crippen LogP contribution in [-0.4, -0.2) is 18.5 Å². The molecule has 0 atom stereocenters. The van der Waals surface area contributed by atoms with Crippen molar-refractivity contribution in [3.05, 3.63) is 34.1 Å². The number of nitrogens with zero attached hydrogens (tertiary/aromatic N) is 1. The minimum atomic E-state index is -3.46. The Labute approximate surface area is 134 Å². The molecule has 5 nitrogen and oxygen atoms in total. The van der Waals surface area contributed by atoms with E-state index in [0.29, 0.717) is 10.6 Å². The van der Waals surface area contributed by atoms with Crippen molar-refractivity contribution in [3.8, 4) is 0 Å². The zero-order valence-corrected chi connectivity index (χ0v) is 14.3. The van der Waals surface area contributed by atoms with Gasteiger partial charge in [0.25, 0.3) is 0 Å². The number of halogens is 2. The van der Waals surface area contributed by atoms with E-state index in [-0.39, 0.29) is 28.8 Å². The number of hydrogen-bond acceptors (Lipinski definition) is 6. The summed E-state index contributed by atoms with van der Waals surface area (Å²) in [6, 6.07) is 4.30. The molecule has 2 rings (SSSR count). The lowest BCUT2D eigenvalue weighted by atomic mass is 10.2. The fourth-order valence-corrected chi connectivity index (χ4v) is 4.26. The summed E-state index contributed by atoms with van der Waals surface area (Å²) < 4.78 is 41.9. The highest BCUT2D eigenvalue weighted by atomic mass is 79.9. The van der Waals surface area contributed by atoms with Crippen molar-refractivity contribution in [3.63, 3.8) is 0 Å². The minimum Gasteiger partial charge on any atom is -0.382 e. The van der Waals surface area contributed by atoms with Crippen molar-refractivity contribution in [1.82, 2.24) is 4.37 Å². The predicted octanol–water partition coefficient (Wildman–Crippen LogP) is 3.03. The van der Waals surface area contributed by atoms with E-state index in [0.717, 1.165) is 16.0 Å². The van der Waals surface area contributed by atoms with Gasteiger partial charge in [0.05, 0.1) is 5.75 Å². The molecule has 0 radical (unpaired) electrons. The first-order valence-electron chi connectivity index (χ1n) is 6.01. The van der Waals surface area contributed by atoms with Gasteiger partial charge in [0.1, 0.15) is 15.7 Å². The molecule has 1 aromatic heterocycles. The van der Waals surface area contributed by atoms with Gasteiger partial charge in [-0.25, -0.2) is 12.8 Å². The molecule has 0 unspecified atom stereocenters. The second kappa shape index (κ2) is 6.29. The van der Waals surface area contributed by atoms with Gasteiger partial charge in [-0.3, -0.25) is 0 Å². The van der Waals surface area contributed by atoms with Crippen LogP contribution >= 0.6 is 27.5 Å². The monoisotopic (exact) mass is 393 g/mol. The molecule has 0 aliphatic rings. The molecule has 0 amide bonds. The molecule has 0 aliphatic heterocycles. The number of benzene rings is 1. The third-order valence-corrected chi connectivity index (χ3v) is 6.33. The largest absolute Gasteiger partial charge is 0.382 e. The number of nitrogens with one attached hydrogen (secondary N) is 1. The molecule has 0 aliphatic carbocycles. The summed E-state index contributed by atoms with van der Waals surface area (Å²) in [6.45, 7) is 1.80.